The van der Waals surface area contributed by atoms with Crippen LogP contribution in [0.25, 0.3) is 0 Å². The van der Waals surface area contributed by atoms with Gasteiger partial charge < -0.3 is 0 Å². The van der Waals surface area contributed by atoms with E-state index in [4.69, 9.17) is 0 Å². The van der Waals surface area contributed by atoms with E-state index in [0.717, 1.165) is 4.31 Å². The Balaban J connectivity index is 2.48. The van der Waals surface area contributed by atoms with Crippen molar-refractivity contribution < 1.29 is 22.8 Å². The Morgan fingerprint density at radius 2 is 1.59 bits per heavy atom. The summed E-state index contributed by atoms with van der Waals surface area (Å²) in [4.78, 5) is 34.5. The summed E-state index contributed by atoms with van der Waals surface area (Å²) in [7, 11) is -2.27. The lowest BCUT2D eigenvalue weighted by Gasteiger charge is -2.17. The number of benzene rings is 1. The molecule has 0 radical (unpaired) electrons. The Labute approximate surface area is 160 Å². The van der Waals surface area contributed by atoms with E-state index in [2.05, 4.69) is 10.9 Å². The van der Waals surface area contributed by atoms with Crippen LogP contribution in [0.1, 0.15) is 50.4 Å². The van der Waals surface area contributed by atoms with Gasteiger partial charge in [0.1, 0.15) is 0 Å². The van der Waals surface area contributed by atoms with Crippen LogP contribution in [-0.2, 0) is 19.6 Å². The largest absolute Gasteiger partial charge is 0.295 e. The molecule has 0 spiro atoms. The van der Waals surface area contributed by atoms with Crippen LogP contribution in [0, 0.1) is 5.92 Å². The van der Waals surface area contributed by atoms with Gasteiger partial charge in [0.05, 0.1) is 4.90 Å². The van der Waals surface area contributed by atoms with Crippen LogP contribution < -0.4 is 10.9 Å². The third kappa shape index (κ3) is 7.48. The number of nitrogens with one attached hydrogen (secondary N) is 2. The van der Waals surface area contributed by atoms with Crippen LogP contribution >= 0.6 is 0 Å². The van der Waals surface area contributed by atoms with Crippen molar-refractivity contribution in [3.63, 3.8) is 0 Å². The zero-order valence-corrected chi connectivity index (χ0v) is 16.9. The zero-order chi connectivity index (χ0) is 20.6. The molecule has 0 saturated heterocycles. The number of hydrogen-bond acceptors (Lipinski definition) is 5. The number of Topliss-reactive ketones (excluding diaryl/α,β-unsaturated/α-hetero) is 1. The molecule has 27 heavy (non-hydrogen) atoms. The highest BCUT2D eigenvalue weighted by molar-refractivity contribution is 7.89. The number of rotatable bonds is 9. The van der Waals surface area contributed by atoms with Crippen molar-refractivity contribution in [1.29, 1.82) is 0 Å². The molecular formula is C18H27N3O5S. The van der Waals surface area contributed by atoms with Gasteiger partial charge >= 0.3 is 0 Å². The third-order valence-electron chi connectivity index (χ3n) is 3.78. The fraction of sp³-hybridized carbons (Fsp3) is 0.500. The fourth-order valence-electron chi connectivity index (χ4n) is 2.25. The predicted molar refractivity (Wildman–Crippen MR) is 101 cm³/mol. The second kappa shape index (κ2) is 10.2. The molecule has 0 aliphatic carbocycles. The smallest absolute Gasteiger partial charge is 0.242 e. The van der Waals surface area contributed by atoms with Crippen LogP contribution in [0.5, 0.6) is 0 Å². The fourth-order valence-corrected chi connectivity index (χ4v) is 3.46. The normalized spacial score (nSPS) is 11.5. The lowest BCUT2D eigenvalue weighted by molar-refractivity contribution is -0.129. The summed E-state index contributed by atoms with van der Waals surface area (Å²) in [5.41, 5.74) is 5.07. The maximum atomic E-state index is 12.5. The maximum Gasteiger partial charge on any atom is 0.242 e. The number of ketones is 1. The van der Waals surface area contributed by atoms with Gasteiger partial charge in [0, 0.05) is 32.0 Å². The average molecular weight is 397 g/mol. The summed E-state index contributed by atoms with van der Waals surface area (Å²) in [6, 6.07) is 5.71. The molecule has 9 heteroatoms. The molecule has 8 nitrogen and oxygen atoms in total. The highest BCUT2D eigenvalue weighted by Crippen LogP contribution is 2.16. The van der Waals surface area contributed by atoms with Gasteiger partial charge in [0.15, 0.2) is 5.78 Å². The van der Waals surface area contributed by atoms with E-state index < -0.39 is 10.0 Å². The van der Waals surface area contributed by atoms with Gasteiger partial charge in [-0.05, 0) is 31.4 Å². The van der Waals surface area contributed by atoms with Crippen molar-refractivity contribution in [2.24, 2.45) is 5.92 Å². The molecule has 0 aromatic heterocycles. The molecule has 0 bridgehead atoms. The summed E-state index contributed by atoms with van der Waals surface area (Å²) in [6.45, 7) is 5.34. The first kappa shape index (κ1) is 22.8. The minimum absolute atomic E-state index is 0.0745. The van der Waals surface area contributed by atoms with E-state index in [-0.39, 0.29) is 41.4 Å². The lowest BCUT2D eigenvalue weighted by Crippen LogP contribution is -2.42. The van der Waals surface area contributed by atoms with Gasteiger partial charge in [0.25, 0.3) is 0 Å². The van der Waals surface area contributed by atoms with Crippen molar-refractivity contribution in [1.82, 2.24) is 15.2 Å². The van der Waals surface area contributed by atoms with Gasteiger partial charge in [-0.2, -0.15) is 0 Å². The SMILES string of the molecule is CC(=O)c1ccc(S(=O)(=O)N(C)CCCC(=O)NNC(=O)CC(C)C)cc1. The number of carbonyl (C=O) groups is 3. The predicted octanol–water partition coefficient (Wildman–Crippen LogP) is 1.48. The molecule has 0 atom stereocenters. The van der Waals surface area contributed by atoms with Gasteiger partial charge in [0.2, 0.25) is 21.8 Å². The topological polar surface area (TPSA) is 113 Å². The Morgan fingerprint density at radius 1 is 1.04 bits per heavy atom. The molecule has 150 valence electrons. The number of nitrogens with zero attached hydrogens (tertiary/aromatic N) is 1. The van der Waals surface area contributed by atoms with E-state index in [1.807, 2.05) is 13.8 Å². The molecular weight excluding hydrogens is 370 g/mol. The average Bonchev–Trinajstić information content (AvgIpc) is 2.59. The second-order valence-corrected chi connectivity index (χ2v) is 8.75. The monoisotopic (exact) mass is 397 g/mol. The summed E-state index contributed by atoms with van der Waals surface area (Å²) in [6.07, 6.45) is 0.682. The van der Waals surface area contributed by atoms with Crippen LogP contribution in [0.2, 0.25) is 0 Å². The van der Waals surface area contributed by atoms with E-state index in [1.54, 1.807) is 0 Å². The van der Waals surface area contributed by atoms with Gasteiger partial charge in [-0.15, -0.1) is 0 Å². The molecule has 2 amide bonds. The third-order valence-corrected chi connectivity index (χ3v) is 5.65. The zero-order valence-electron chi connectivity index (χ0n) is 16.1. The summed E-state index contributed by atoms with van der Waals surface area (Å²) < 4.78 is 26.1. The lowest BCUT2D eigenvalue weighted by atomic mass is 10.1. The van der Waals surface area contributed by atoms with Crippen molar-refractivity contribution in [3.8, 4) is 0 Å². The Hall–Kier alpha value is -2.26. The first-order valence-corrected chi connectivity index (χ1v) is 10.1. The van der Waals surface area contributed by atoms with Crippen molar-refractivity contribution in [2.45, 2.75) is 44.9 Å². The van der Waals surface area contributed by atoms with E-state index in [1.165, 1.54) is 38.2 Å². The molecule has 0 saturated carbocycles. The summed E-state index contributed by atoms with van der Waals surface area (Å²) in [5.74, 6) is -0.611. The van der Waals surface area contributed by atoms with E-state index >= 15 is 0 Å². The number of carbonyl (C=O) groups excluding carboxylic acids is 3. The van der Waals surface area contributed by atoms with Crippen LogP contribution in [0.15, 0.2) is 29.2 Å². The minimum atomic E-state index is -3.70. The van der Waals surface area contributed by atoms with Crippen LogP contribution in [-0.4, -0.2) is 43.9 Å². The van der Waals surface area contributed by atoms with E-state index in [9.17, 15) is 22.8 Å². The first-order chi connectivity index (χ1) is 12.5. The molecule has 0 fully saturated rings. The molecule has 0 heterocycles. The minimum Gasteiger partial charge on any atom is -0.295 e. The highest BCUT2D eigenvalue weighted by Gasteiger charge is 2.20. The number of hydrazine groups is 1. The molecule has 1 rings (SSSR count). The second-order valence-electron chi connectivity index (χ2n) is 6.71. The van der Waals surface area contributed by atoms with Crippen molar-refractivity contribution in [2.75, 3.05) is 13.6 Å². The number of hydrogen-bond donors (Lipinski definition) is 2. The van der Waals surface area contributed by atoms with Gasteiger partial charge in [-0.1, -0.05) is 26.0 Å². The van der Waals surface area contributed by atoms with Crippen molar-refractivity contribution >= 4 is 27.6 Å². The summed E-state index contributed by atoms with van der Waals surface area (Å²) >= 11 is 0. The van der Waals surface area contributed by atoms with Crippen LogP contribution in [0.4, 0.5) is 0 Å². The van der Waals surface area contributed by atoms with Gasteiger partial charge in [-0.3, -0.25) is 25.2 Å². The molecule has 0 aliphatic rings. The summed E-state index contributed by atoms with van der Waals surface area (Å²) in [5, 5.41) is 0. The highest BCUT2D eigenvalue weighted by atomic mass is 32.2. The van der Waals surface area contributed by atoms with Crippen LogP contribution in [0.3, 0.4) is 0 Å². The number of amides is 2. The van der Waals surface area contributed by atoms with Gasteiger partial charge in [-0.25, -0.2) is 12.7 Å². The standard InChI is InChI=1S/C18H27N3O5S/c1-13(2)12-18(24)20-19-17(23)6-5-11-21(4)27(25,26)16-9-7-15(8-10-16)14(3)22/h7-10,13H,5-6,11-12H2,1-4H3,(H,19,23)(H,20,24). The van der Waals surface area contributed by atoms with E-state index in [0.29, 0.717) is 18.4 Å². The maximum absolute atomic E-state index is 12.5. The quantitative estimate of drug-likeness (QED) is 0.484. The number of sulfonamides is 1. The Morgan fingerprint density at radius 3 is 2.11 bits per heavy atom. The Bertz CT molecular complexity index is 773. The Kier molecular flexibility index (Phi) is 8.58. The first-order valence-electron chi connectivity index (χ1n) is 8.69. The molecule has 0 aliphatic heterocycles. The molecule has 0 unspecified atom stereocenters. The molecule has 2 N–H and O–H groups in total. The molecule has 1 aromatic carbocycles. The van der Waals surface area contributed by atoms with Crippen molar-refractivity contribution in [3.05, 3.63) is 29.8 Å². The molecule has 1 aromatic rings.